The van der Waals surface area contributed by atoms with E-state index in [1.165, 1.54) is 0 Å². The Morgan fingerprint density at radius 2 is 2.00 bits per heavy atom. The van der Waals surface area contributed by atoms with Crippen molar-refractivity contribution < 1.29 is 30.5 Å². The minimum atomic E-state index is -1.75. The molecule has 0 aromatic rings. The van der Waals surface area contributed by atoms with Crippen LogP contribution in [0, 0.1) is 25.4 Å². The molecule has 0 aromatic carbocycles. The van der Waals surface area contributed by atoms with Crippen LogP contribution in [0.3, 0.4) is 0 Å². The number of carbonyl (C=O) groups is 2. The fraction of sp³-hybridized carbons (Fsp3) is 0.600. The van der Waals surface area contributed by atoms with Gasteiger partial charge < -0.3 is 26.2 Å². The number of nitro groups is 1. The summed E-state index contributed by atoms with van der Waals surface area (Å²) in [5, 5.41) is 36.0. The van der Waals surface area contributed by atoms with Crippen molar-refractivity contribution in [2.24, 2.45) is 10.1 Å². The van der Waals surface area contributed by atoms with E-state index in [2.05, 4.69) is 15.8 Å². The number of carboxylic acid groups (broad SMARTS) is 1. The number of amides is 1. The molecule has 24 heavy (non-hydrogen) atoms. The first kappa shape index (κ1) is 20.8. The van der Waals surface area contributed by atoms with Gasteiger partial charge in [-0.05, 0) is 13.3 Å². The maximum Gasteiger partial charge on any atom is 0.362 e. The van der Waals surface area contributed by atoms with E-state index in [0.29, 0.717) is 12.1 Å². The van der Waals surface area contributed by atoms with Crippen LogP contribution in [0.4, 0.5) is 0 Å². The average Bonchev–Trinajstić information content (AvgIpc) is 2.39. The summed E-state index contributed by atoms with van der Waals surface area (Å²) in [7, 11) is 0. The molecule has 0 fully saturated rings. The Morgan fingerprint density at radius 3 is 2.46 bits per heavy atom. The smallest absolute Gasteiger partial charge is 0.362 e. The lowest BCUT2D eigenvalue weighted by atomic mass is 10.1. The molecular weight excluding hydrogens is 332 g/mol. The van der Waals surface area contributed by atoms with Gasteiger partial charge in [0.25, 0.3) is 0 Å². The summed E-state index contributed by atoms with van der Waals surface area (Å²) in [5.41, 5.74) is 3.90. The Labute approximate surface area is 134 Å². The molecule has 0 bridgehead atoms. The highest BCUT2D eigenvalue weighted by Crippen LogP contribution is 2.10. The summed E-state index contributed by atoms with van der Waals surface area (Å²) < 4.78 is 0. The van der Waals surface area contributed by atoms with Gasteiger partial charge in [-0.1, -0.05) is 0 Å². The number of aliphatic imine (C=N–C) groups is 1. The number of rotatable bonds is 6. The van der Waals surface area contributed by atoms with Crippen molar-refractivity contribution in [2.45, 2.75) is 32.2 Å². The molecule has 14 heteroatoms. The molecule has 1 amide bonds. The number of quaternary nitrogens is 1. The van der Waals surface area contributed by atoms with Crippen LogP contribution in [0.2, 0.25) is 0 Å². The third-order valence-electron chi connectivity index (χ3n) is 2.70. The molecule has 0 unspecified atom stereocenters. The largest absolute Gasteiger partial charge is 0.477 e. The molecule has 134 valence electrons. The van der Waals surface area contributed by atoms with Crippen molar-refractivity contribution in [3.63, 3.8) is 0 Å². The molecule has 0 saturated heterocycles. The number of carbonyl (C=O) groups excluding carboxylic acids is 1. The number of hydrazone groups is 1. The first-order chi connectivity index (χ1) is 11.0. The number of hydrogen-bond donors (Lipinski definition) is 2. The molecule has 1 atom stereocenters. The van der Waals surface area contributed by atoms with E-state index in [0.717, 1.165) is 4.90 Å². The van der Waals surface area contributed by atoms with Crippen LogP contribution in [0.1, 0.15) is 26.2 Å². The second-order valence-corrected chi connectivity index (χ2v) is 4.61. The van der Waals surface area contributed by atoms with Gasteiger partial charge in [0.1, 0.15) is 5.10 Å². The van der Waals surface area contributed by atoms with Gasteiger partial charge in [0.2, 0.25) is 5.91 Å². The molecule has 14 nitrogen and oxygen atoms in total. The van der Waals surface area contributed by atoms with E-state index >= 15 is 0 Å². The first-order valence-electron chi connectivity index (χ1n) is 6.49. The summed E-state index contributed by atoms with van der Waals surface area (Å²) in [6.07, 6.45) is 0.675. The van der Waals surface area contributed by atoms with Gasteiger partial charge >= 0.3 is 11.9 Å². The Bertz CT molecular complexity index is 570. The van der Waals surface area contributed by atoms with Crippen LogP contribution in [0.5, 0.6) is 0 Å². The lowest BCUT2D eigenvalue weighted by Crippen LogP contribution is -2.65. The zero-order valence-corrected chi connectivity index (χ0v) is 12.7. The third-order valence-corrected chi connectivity index (χ3v) is 2.70. The molecule has 1 aliphatic rings. The van der Waals surface area contributed by atoms with Crippen molar-refractivity contribution >= 4 is 23.5 Å². The second kappa shape index (κ2) is 9.78. The van der Waals surface area contributed by atoms with E-state index in [4.69, 9.17) is 20.4 Å². The van der Waals surface area contributed by atoms with Gasteiger partial charge in [-0.15, -0.1) is 0 Å². The van der Waals surface area contributed by atoms with E-state index in [1.807, 2.05) is 0 Å². The quantitative estimate of drug-likeness (QED) is 0.422. The summed E-state index contributed by atoms with van der Waals surface area (Å²) in [6, 6.07) is -0.781. The topological polar surface area (TPSA) is 219 Å². The molecule has 1 heterocycles. The normalized spacial score (nSPS) is 16.8. The maximum atomic E-state index is 11.8. The summed E-state index contributed by atoms with van der Waals surface area (Å²) in [4.78, 5) is 46.1. The molecule has 0 saturated carbocycles. The zero-order chi connectivity index (χ0) is 18.9. The fourth-order valence-corrected chi connectivity index (χ4v) is 1.69. The highest BCUT2D eigenvalue weighted by atomic mass is 16.9. The van der Waals surface area contributed by atoms with Crippen LogP contribution in [-0.4, -0.2) is 56.3 Å². The summed E-state index contributed by atoms with van der Waals surface area (Å²) >= 11 is 0. The molecule has 0 aliphatic carbocycles. The Balaban J connectivity index is 0.00000118. The number of nitrogens with zero attached hydrogens (tertiary/aromatic N) is 5. The summed E-state index contributed by atoms with van der Waals surface area (Å²) in [6.45, 7) is 1.71. The van der Waals surface area contributed by atoms with E-state index in [-0.39, 0.29) is 31.3 Å². The predicted molar refractivity (Wildman–Crippen MR) is 77.8 cm³/mol. The van der Waals surface area contributed by atoms with Crippen molar-refractivity contribution in [3.05, 3.63) is 25.4 Å². The van der Waals surface area contributed by atoms with E-state index in [1.54, 1.807) is 6.92 Å². The Hall–Kier alpha value is -3.16. The number of carboxylic acids is 1. The molecule has 4 N–H and O–H groups in total. The number of hydrogen-bond acceptors (Lipinski definition) is 7. The van der Waals surface area contributed by atoms with Crippen molar-refractivity contribution in [1.29, 1.82) is 0 Å². The number of aliphatic carboxylic acids is 1. The van der Waals surface area contributed by atoms with E-state index < -0.39 is 22.1 Å². The van der Waals surface area contributed by atoms with Crippen LogP contribution in [0.25, 0.3) is 0 Å². The second-order valence-electron chi connectivity index (χ2n) is 4.61. The molecule has 0 radical (unpaired) electrons. The highest BCUT2D eigenvalue weighted by molar-refractivity contribution is 6.14. The van der Waals surface area contributed by atoms with Gasteiger partial charge in [0.15, 0.2) is 11.1 Å². The third kappa shape index (κ3) is 8.32. The van der Waals surface area contributed by atoms with Gasteiger partial charge in [-0.25, -0.2) is 19.9 Å². The SMILES string of the molecule is CC1=N/C(=N\[N+](=O)[O-])N(CCC[C@H]([NH3+])C(=O)O)C(=O)C1.O=[N+]([O-])[O-]. The standard InChI is InChI=1S/C10H15N5O5.NO3/c1-6-5-8(16)14(10(12-6)13-15(19)20)4-2-3-7(11)9(17)18;2-1(3)4/h7H,2-5,11H2,1H3,(H,17,18);/q;-1/p+1/b13-10+;/t7-;/m0./s1. The molecule has 0 spiro atoms. The minimum absolute atomic E-state index is 0.0729. The highest BCUT2D eigenvalue weighted by Gasteiger charge is 2.27. The zero-order valence-electron chi connectivity index (χ0n) is 12.7. The van der Waals surface area contributed by atoms with Crippen LogP contribution in [-0.2, 0) is 9.59 Å². The summed E-state index contributed by atoms with van der Waals surface area (Å²) in [5.74, 6) is -1.63. The van der Waals surface area contributed by atoms with Gasteiger partial charge in [0.05, 0.1) is 11.5 Å². The van der Waals surface area contributed by atoms with Gasteiger partial charge in [0, 0.05) is 18.7 Å². The van der Waals surface area contributed by atoms with Crippen molar-refractivity contribution in [1.82, 2.24) is 4.90 Å². The molecule has 0 aromatic heterocycles. The molecule has 1 aliphatic heterocycles. The lowest BCUT2D eigenvalue weighted by molar-refractivity contribution is -0.485. The average molecular weight is 348 g/mol. The minimum Gasteiger partial charge on any atom is -0.477 e. The number of guanidine groups is 1. The van der Waals surface area contributed by atoms with E-state index in [9.17, 15) is 19.7 Å². The predicted octanol–water partition coefficient (Wildman–Crippen LogP) is -1.54. The first-order valence-corrected chi connectivity index (χ1v) is 6.49. The lowest BCUT2D eigenvalue weighted by Gasteiger charge is -2.23. The Morgan fingerprint density at radius 1 is 1.46 bits per heavy atom. The van der Waals surface area contributed by atoms with Crippen molar-refractivity contribution in [3.8, 4) is 0 Å². The van der Waals surface area contributed by atoms with Gasteiger partial charge in [-0.3, -0.25) is 9.69 Å². The van der Waals surface area contributed by atoms with Gasteiger partial charge in [-0.2, -0.15) is 0 Å². The van der Waals surface area contributed by atoms with Crippen LogP contribution < -0.4 is 5.73 Å². The van der Waals surface area contributed by atoms with Crippen LogP contribution in [0.15, 0.2) is 10.1 Å². The monoisotopic (exact) mass is 348 g/mol. The van der Waals surface area contributed by atoms with Crippen molar-refractivity contribution in [2.75, 3.05) is 6.54 Å². The maximum absolute atomic E-state index is 11.8. The Kier molecular flexibility index (Phi) is 8.49. The molecular formula is C10H16N6O8. The fourth-order valence-electron chi connectivity index (χ4n) is 1.69. The van der Waals surface area contributed by atoms with Crippen LogP contribution >= 0.6 is 0 Å². The molecule has 1 rings (SSSR count).